The fourth-order valence-electron chi connectivity index (χ4n) is 1.05. The lowest BCUT2D eigenvalue weighted by molar-refractivity contribution is -0.119. The summed E-state index contributed by atoms with van der Waals surface area (Å²) >= 11 is 0. The van der Waals surface area contributed by atoms with Crippen molar-refractivity contribution in [3.05, 3.63) is 0 Å². The normalized spacial score (nSPS) is 11.4. The van der Waals surface area contributed by atoms with E-state index in [4.69, 9.17) is 0 Å². The van der Waals surface area contributed by atoms with Crippen LogP contribution >= 0.6 is 0 Å². The summed E-state index contributed by atoms with van der Waals surface area (Å²) in [6, 6.07) is 0. The molecule has 96 valence electrons. The molecule has 0 aromatic carbocycles. The van der Waals surface area contributed by atoms with Crippen LogP contribution in [0, 0.1) is 0 Å². The van der Waals surface area contributed by atoms with Crippen LogP contribution in [0.3, 0.4) is 0 Å². The van der Waals surface area contributed by atoms with Crippen LogP contribution in [0.1, 0.15) is 39.5 Å². The molecule has 6 heteroatoms. The van der Waals surface area contributed by atoms with E-state index in [1.165, 1.54) is 0 Å². The average Bonchev–Trinajstić information content (AvgIpc) is 2.24. The summed E-state index contributed by atoms with van der Waals surface area (Å²) in [4.78, 5) is 11.2. The summed E-state index contributed by atoms with van der Waals surface area (Å²) in [7, 11) is -3.28. The zero-order valence-corrected chi connectivity index (χ0v) is 10.9. The van der Waals surface area contributed by atoms with E-state index < -0.39 is 10.0 Å². The molecule has 2 N–H and O–H groups in total. The molecule has 0 saturated carbocycles. The molecule has 16 heavy (non-hydrogen) atoms. The number of nitrogens with one attached hydrogen (secondary N) is 2. The molecule has 0 radical (unpaired) electrons. The molecule has 5 nitrogen and oxygen atoms in total. The van der Waals surface area contributed by atoms with Gasteiger partial charge in [0.25, 0.3) is 0 Å². The van der Waals surface area contributed by atoms with Crippen molar-refractivity contribution in [3.63, 3.8) is 0 Å². The van der Waals surface area contributed by atoms with Gasteiger partial charge in [-0.2, -0.15) is 0 Å². The Morgan fingerprint density at radius 3 is 2.31 bits per heavy atom. The molecule has 1 amide bonds. The van der Waals surface area contributed by atoms with Crippen LogP contribution in [0.25, 0.3) is 0 Å². The lowest BCUT2D eigenvalue weighted by Gasteiger charge is -2.06. The minimum absolute atomic E-state index is 0.0890. The molecule has 0 spiro atoms. The summed E-state index contributed by atoms with van der Waals surface area (Å²) in [5.41, 5.74) is 0. The van der Waals surface area contributed by atoms with Gasteiger partial charge in [0.05, 0.1) is 12.3 Å². The molecule has 0 saturated heterocycles. The minimum Gasteiger partial charge on any atom is -0.355 e. The summed E-state index contributed by atoms with van der Waals surface area (Å²) in [5, 5.41) is 2.65. The molecule has 0 heterocycles. The van der Waals surface area contributed by atoms with E-state index in [2.05, 4.69) is 10.0 Å². The van der Waals surface area contributed by atoms with E-state index in [1.807, 2.05) is 13.8 Å². The van der Waals surface area contributed by atoms with Gasteiger partial charge >= 0.3 is 0 Å². The number of unbranched alkanes of at least 4 members (excludes halogenated alkanes) is 2. The summed E-state index contributed by atoms with van der Waals surface area (Å²) in [6.45, 7) is 4.40. The topological polar surface area (TPSA) is 75.3 Å². The fraction of sp³-hybridized carbons (Fsp3) is 0.900. The Hall–Kier alpha value is -0.620. The van der Waals surface area contributed by atoms with Gasteiger partial charge in [-0.1, -0.05) is 26.7 Å². The highest BCUT2D eigenvalue weighted by molar-refractivity contribution is 7.89. The van der Waals surface area contributed by atoms with Crippen LogP contribution in [0.4, 0.5) is 0 Å². The molecule has 0 unspecified atom stereocenters. The van der Waals surface area contributed by atoms with Crippen molar-refractivity contribution in [1.29, 1.82) is 0 Å². The Labute approximate surface area is 98.0 Å². The van der Waals surface area contributed by atoms with Crippen molar-refractivity contribution in [2.75, 3.05) is 18.8 Å². The maximum Gasteiger partial charge on any atom is 0.235 e. The van der Waals surface area contributed by atoms with Crippen LogP contribution in [0.15, 0.2) is 0 Å². The smallest absolute Gasteiger partial charge is 0.235 e. The Kier molecular flexibility index (Phi) is 8.19. The maximum atomic E-state index is 11.3. The van der Waals surface area contributed by atoms with Crippen LogP contribution in [0.5, 0.6) is 0 Å². The largest absolute Gasteiger partial charge is 0.355 e. The molecule has 0 aliphatic carbocycles. The number of carbonyl (C=O) groups excluding carboxylic acids is 1. The van der Waals surface area contributed by atoms with Gasteiger partial charge in [-0.05, 0) is 12.8 Å². The molecule has 0 bridgehead atoms. The zero-order chi connectivity index (χ0) is 12.4. The van der Waals surface area contributed by atoms with Crippen LogP contribution in [0.2, 0.25) is 0 Å². The Morgan fingerprint density at radius 2 is 1.75 bits per heavy atom. The van der Waals surface area contributed by atoms with Crippen molar-refractivity contribution in [2.24, 2.45) is 0 Å². The van der Waals surface area contributed by atoms with Gasteiger partial charge in [0.2, 0.25) is 15.9 Å². The monoisotopic (exact) mass is 250 g/mol. The Balaban J connectivity index is 3.73. The standard InChI is InChI=1S/C10H22N2O3S/c1-3-5-7-11-10(13)9-12-16(14,15)8-6-4-2/h12H,3-9H2,1-2H3,(H,11,13). The molecule has 0 rings (SSSR count). The zero-order valence-electron chi connectivity index (χ0n) is 10.1. The van der Waals surface area contributed by atoms with Crippen LogP contribution in [-0.4, -0.2) is 33.2 Å². The van der Waals surface area contributed by atoms with Crippen molar-refractivity contribution >= 4 is 15.9 Å². The summed E-state index contributed by atoms with van der Waals surface area (Å²) < 4.78 is 24.9. The van der Waals surface area contributed by atoms with Crippen molar-refractivity contribution < 1.29 is 13.2 Å². The van der Waals surface area contributed by atoms with Gasteiger partial charge in [-0.3, -0.25) is 4.79 Å². The predicted molar refractivity (Wildman–Crippen MR) is 64.6 cm³/mol. The molecule has 0 aromatic rings. The highest BCUT2D eigenvalue weighted by Gasteiger charge is 2.10. The Morgan fingerprint density at radius 1 is 1.12 bits per heavy atom. The second-order valence-electron chi connectivity index (χ2n) is 3.70. The number of hydrogen-bond donors (Lipinski definition) is 2. The number of carbonyl (C=O) groups is 1. The number of hydrogen-bond acceptors (Lipinski definition) is 3. The van der Waals surface area contributed by atoms with E-state index in [-0.39, 0.29) is 18.2 Å². The third-order valence-electron chi connectivity index (χ3n) is 2.07. The van der Waals surface area contributed by atoms with E-state index in [9.17, 15) is 13.2 Å². The SMILES string of the molecule is CCCCNC(=O)CNS(=O)(=O)CCCC. The fourth-order valence-corrected chi connectivity index (χ4v) is 2.21. The highest BCUT2D eigenvalue weighted by Crippen LogP contribution is 1.92. The number of amides is 1. The predicted octanol–water partition coefficient (Wildman–Crippen LogP) is 0.622. The third-order valence-corrected chi connectivity index (χ3v) is 3.48. The van der Waals surface area contributed by atoms with Gasteiger partial charge in [-0.15, -0.1) is 0 Å². The number of sulfonamides is 1. The molecule has 0 aliphatic heterocycles. The Bertz CT molecular complexity index is 288. The van der Waals surface area contributed by atoms with E-state index >= 15 is 0 Å². The second kappa shape index (κ2) is 8.52. The first kappa shape index (κ1) is 15.4. The van der Waals surface area contributed by atoms with Gasteiger partial charge < -0.3 is 5.32 Å². The first-order valence-corrected chi connectivity index (χ1v) is 7.41. The molecular weight excluding hydrogens is 228 g/mol. The van der Waals surface area contributed by atoms with Crippen LogP contribution in [-0.2, 0) is 14.8 Å². The molecule has 0 aromatic heterocycles. The van der Waals surface area contributed by atoms with E-state index in [0.717, 1.165) is 19.3 Å². The maximum absolute atomic E-state index is 11.3. The van der Waals surface area contributed by atoms with Crippen LogP contribution < -0.4 is 10.0 Å². The molecular formula is C10H22N2O3S. The summed E-state index contributed by atoms with van der Waals surface area (Å²) in [5.74, 6) is -0.181. The first-order valence-electron chi connectivity index (χ1n) is 5.76. The molecule has 0 atom stereocenters. The minimum atomic E-state index is -3.28. The van der Waals surface area contributed by atoms with Gasteiger partial charge in [-0.25, -0.2) is 13.1 Å². The quantitative estimate of drug-likeness (QED) is 0.589. The summed E-state index contributed by atoms with van der Waals surface area (Å²) in [6.07, 6.45) is 3.35. The van der Waals surface area contributed by atoms with Crippen molar-refractivity contribution in [2.45, 2.75) is 39.5 Å². The number of rotatable bonds is 9. The highest BCUT2D eigenvalue weighted by atomic mass is 32.2. The average molecular weight is 250 g/mol. The van der Waals surface area contributed by atoms with E-state index in [0.29, 0.717) is 13.0 Å². The van der Waals surface area contributed by atoms with Gasteiger partial charge in [0.15, 0.2) is 0 Å². The van der Waals surface area contributed by atoms with Crippen molar-refractivity contribution in [3.8, 4) is 0 Å². The first-order chi connectivity index (χ1) is 7.52. The van der Waals surface area contributed by atoms with Gasteiger partial charge in [0.1, 0.15) is 0 Å². The van der Waals surface area contributed by atoms with Gasteiger partial charge in [0, 0.05) is 6.54 Å². The second-order valence-corrected chi connectivity index (χ2v) is 5.62. The van der Waals surface area contributed by atoms with Crippen molar-refractivity contribution in [1.82, 2.24) is 10.0 Å². The molecule has 0 fully saturated rings. The lowest BCUT2D eigenvalue weighted by Crippen LogP contribution is -2.38. The van der Waals surface area contributed by atoms with E-state index in [1.54, 1.807) is 0 Å². The molecule has 0 aliphatic rings. The lowest BCUT2D eigenvalue weighted by atomic mass is 10.3. The third kappa shape index (κ3) is 8.67.